The van der Waals surface area contributed by atoms with Gasteiger partial charge in [-0.05, 0) is 54.3 Å². The number of nitrogens with one attached hydrogen (secondary N) is 2. The highest BCUT2D eigenvalue weighted by atomic mass is 19.1. The van der Waals surface area contributed by atoms with Crippen LogP contribution in [0.15, 0.2) is 66.9 Å². The molecule has 4 nitrogen and oxygen atoms in total. The smallest absolute Gasteiger partial charge is 0.251 e. The standard InChI is InChI=1S/C22H21F2N3O/c23-19-7-5-16(6-8-19)9-12-27-22(28)18-11-14-26-21(15-18)25-13-10-17-3-1-2-4-20(17)24/h1-8,11,14-15H,9-10,12-13H2,(H,25,26)(H,27,28). The predicted octanol–water partition coefficient (Wildman–Crippen LogP) is 3.99. The fourth-order valence-electron chi connectivity index (χ4n) is 2.77. The van der Waals surface area contributed by atoms with E-state index in [9.17, 15) is 13.6 Å². The van der Waals surface area contributed by atoms with Crippen molar-refractivity contribution < 1.29 is 13.6 Å². The highest BCUT2D eigenvalue weighted by Gasteiger charge is 2.07. The third-order valence-electron chi connectivity index (χ3n) is 4.29. The number of rotatable bonds is 8. The Balaban J connectivity index is 1.48. The number of hydrogen-bond donors (Lipinski definition) is 2. The number of amides is 1. The summed E-state index contributed by atoms with van der Waals surface area (Å²) in [5, 5.41) is 5.95. The average molecular weight is 381 g/mol. The van der Waals surface area contributed by atoms with Crippen LogP contribution in [0.4, 0.5) is 14.6 Å². The van der Waals surface area contributed by atoms with E-state index in [0.29, 0.717) is 42.9 Å². The normalized spacial score (nSPS) is 10.5. The number of halogens is 2. The summed E-state index contributed by atoms with van der Waals surface area (Å²) in [5.41, 5.74) is 2.07. The highest BCUT2D eigenvalue weighted by Crippen LogP contribution is 2.10. The number of hydrogen-bond acceptors (Lipinski definition) is 3. The van der Waals surface area contributed by atoms with Crippen molar-refractivity contribution in [1.29, 1.82) is 0 Å². The Hall–Kier alpha value is -3.28. The molecule has 2 aromatic carbocycles. The van der Waals surface area contributed by atoms with E-state index in [1.165, 1.54) is 18.2 Å². The first-order chi connectivity index (χ1) is 13.6. The van der Waals surface area contributed by atoms with E-state index in [0.717, 1.165) is 5.56 Å². The lowest BCUT2D eigenvalue weighted by atomic mass is 10.1. The molecule has 2 N–H and O–H groups in total. The molecule has 1 amide bonds. The minimum atomic E-state index is -0.278. The van der Waals surface area contributed by atoms with Gasteiger partial charge in [0, 0.05) is 24.8 Å². The fraction of sp³-hybridized carbons (Fsp3) is 0.182. The van der Waals surface area contributed by atoms with Crippen LogP contribution in [0.25, 0.3) is 0 Å². The molecule has 0 aliphatic heterocycles. The summed E-state index contributed by atoms with van der Waals surface area (Å²) in [7, 11) is 0. The average Bonchev–Trinajstić information content (AvgIpc) is 2.71. The second-order valence-corrected chi connectivity index (χ2v) is 6.33. The summed E-state index contributed by atoms with van der Waals surface area (Å²) in [4.78, 5) is 16.5. The zero-order valence-electron chi connectivity index (χ0n) is 15.3. The van der Waals surface area contributed by atoms with Crippen LogP contribution >= 0.6 is 0 Å². The number of carbonyl (C=O) groups is 1. The predicted molar refractivity (Wildman–Crippen MR) is 105 cm³/mol. The molecule has 144 valence electrons. The Kier molecular flexibility index (Phi) is 6.68. The van der Waals surface area contributed by atoms with Crippen molar-refractivity contribution in [2.75, 3.05) is 18.4 Å². The Morgan fingerprint density at radius 1 is 0.929 bits per heavy atom. The third-order valence-corrected chi connectivity index (χ3v) is 4.29. The van der Waals surface area contributed by atoms with Gasteiger partial charge in [-0.3, -0.25) is 4.79 Å². The molecule has 0 saturated heterocycles. The molecule has 0 atom stereocenters. The van der Waals surface area contributed by atoms with Gasteiger partial charge in [0.15, 0.2) is 0 Å². The Morgan fingerprint density at radius 2 is 1.71 bits per heavy atom. The van der Waals surface area contributed by atoms with Crippen molar-refractivity contribution in [2.45, 2.75) is 12.8 Å². The van der Waals surface area contributed by atoms with E-state index in [-0.39, 0.29) is 17.5 Å². The number of nitrogens with zero attached hydrogens (tertiary/aromatic N) is 1. The molecule has 0 spiro atoms. The summed E-state index contributed by atoms with van der Waals surface area (Å²) in [6.45, 7) is 0.951. The first-order valence-corrected chi connectivity index (χ1v) is 9.08. The van der Waals surface area contributed by atoms with Crippen molar-refractivity contribution in [2.24, 2.45) is 0 Å². The first-order valence-electron chi connectivity index (χ1n) is 9.08. The maximum atomic E-state index is 13.6. The largest absolute Gasteiger partial charge is 0.370 e. The zero-order valence-corrected chi connectivity index (χ0v) is 15.3. The molecule has 0 unspecified atom stereocenters. The van der Waals surface area contributed by atoms with Crippen LogP contribution in [0.3, 0.4) is 0 Å². The van der Waals surface area contributed by atoms with Crippen molar-refractivity contribution in [3.8, 4) is 0 Å². The summed E-state index contributed by atoms with van der Waals surface area (Å²) in [5.74, 6) is -0.157. The number of carbonyl (C=O) groups excluding carboxylic acids is 1. The molecule has 3 rings (SSSR count). The third kappa shape index (κ3) is 5.61. The Bertz CT molecular complexity index is 929. The summed E-state index contributed by atoms with van der Waals surface area (Å²) < 4.78 is 26.5. The molecule has 1 aromatic heterocycles. The summed E-state index contributed by atoms with van der Waals surface area (Å²) >= 11 is 0. The second kappa shape index (κ2) is 9.60. The molecule has 0 bridgehead atoms. The molecule has 0 radical (unpaired) electrons. The van der Waals surface area contributed by atoms with Crippen molar-refractivity contribution in [3.63, 3.8) is 0 Å². The van der Waals surface area contributed by atoms with Crippen LogP contribution < -0.4 is 10.6 Å². The van der Waals surface area contributed by atoms with Gasteiger partial charge in [-0.1, -0.05) is 30.3 Å². The van der Waals surface area contributed by atoms with Crippen molar-refractivity contribution in [1.82, 2.24) is 10.3 Å². The lowest BCUT2D eigenvalue weighted by Crippen LogP contribution is -2.25. The van der Waals surface area contributed by atoms with Gasteiger partial charge in [0.2, 0.25) is 0 Å². The van der Waals surface area contributed by atoms with Crippen molar-refractivity contribution >= 4 is 11.7 Å². The first kappa shape index (κ1) is 19.5. The van der Waals surface area contributed by atoms with Crippen molar-refractivity contribution in [3.05, 3.63) is 95.2 Å². The van der Waals surface area contributed by atoms with Gasteiger partial charge in [-0.25, -0.2) is 13.8 Å². The van der Waals surface area contributed by atoms with E-state index >= 15 is 0 Å². The van der Waals surface area contributed by atoms with E-state index in [2.05, 4.69) is 15.6 Å². The monoisotopic (exact) mass is 381 g/mol. The van der Waals surface area contributed by atoms with Gasteiger partial charge in [0.1, 0.15) is 17.5 Å². The van der Waals surface area contributed by atoms with Crippen LogP contribution in [-0.4, -0.2) is 24.0 Å². The number of pyridine rings is 1. The van der Waals surface area contributed by atoms with Gasteiger partial charge in [-0.15, -0.1) is 0 Å². The molecule has 0 aliphatic carbocycles. The molecule has 1 heterocycles. The zero-order chi connectivity index (χ0) is 19.8. The second-order valence-electron chi connectivity index (χ2n) is 6.33. The number of anilines is 1. The quantitative estimate of drug-likeness (QED) is 0.620. The number of benzene rings is 2. The summed E-state index contributed by atoms with van der Waals surface area (Å²) in [6.07, 6.45) is 2.69. The van der Waals surface area contributed by atoms with Gasteiger partial charge in [0.25, 0.3) is 5.91 Å². The molecule has 0 aliphatic rings. The van der Waals surface area contributed by atoms with Gasteiger partial charge >= 0.3 is 0 Å². The lowest BCUT2D eigenvalue weighted by Gasteiger charge is -2.09. The van der Waals surface area contributed by atoms with Gasteiger partial charge in [0.05, 0.1) is 0 Å². The minimum absolute atomic E-state index is 0.207. The van der Waals surface area contributed by atoms with E-state index < -0.39 is 0 Å². The molecular weight excluding hydrogens is 360 g/mol. The molecular formula is C22H21F2N3O. The van der Waals surface area contributed by atoms with Crippen LogP contribution in [0.2, 0.25) is 0 Å². The molecule has 0 fully saturated rings. The molecule has 28 heavy (non-hydrogen) atoms. The maximum Gasteiger partial charge on any atom is 0.251 e. The summed E-state index contributed by atoms with van der Waals surface area (Å²) in [6, 6.07) is 16.1. The Morgan fingerprint density at radius 3 is 2.50 bits per heavy atom. The number of aromatic nitrogens is 1. The molecule has 0 saturated carbocycles. The van der Waals surface area contributed by atoms with Crippen LogP contribution in [0.1, 0.15) is 21.5 Å². The van der Waals surface area contributed by atoms with Gasteiger partial charge in [-0.2, -0.15) is 0 Å². The minimum Gasteiger partial charge on any atom is -0.370 e. The van der Waals surface area contributed by atoms with Crippen LogP contribution in [-0.2, 0) is 12.8 Å². The van der Waals surface area contributed by atoms with E-state index in [1.54, 1.807) is 48.7 Å². The topological polar surface area (TPSA) is 54.0 Å². The van der Waals surface area contributed by atoms with Gasteiger partial charge < -0.3 is 10.6 Å². The molecule has 3 aromatic rings. The maximum absolute atomic E-state index is 13.6. The SMILES string of the molecule is O=C(NCCc1ccc(F)cc1)c1ccnc(NCCc2ccccc2F)c1. The Labute approximate surface area is 162 Å². The highest BCUT2D eigenvalue weighted by molar-refractivity contribution is 5.94. The molecule has 6 heteroatoms. The van der Waals surface area contributed by atoms with Crippen LogP contribution in [0.5, 0.6) is 0 Å². The fourth-order valence-corrected chi connectivity index (χ4v) is 2.77. The van der Waals surface area contributed by atoms with E-state index in [1.807, 2.05) is 0 Å². The van der Waals surface area contributed by atoms with E-state index in [4.69, 9.17) is 0 Å². The lowest BCUT2D eigenvalue weighted by molar-refractivity contribution is 0.0954. The van der Waals surface area contributed by atoms with Crippen LogP contribution in [0, 0.1) is 11.6 Å².